The van der Waals surface area contributed by atoms with Gasteiger partial charge in [-0.25, -0.2) is 0 Å². The van der Waals surface area contributed by atoms with Crippen LogP contribution in [-0.4, -0.2) is 33.8 Å². The monoisotopic (exact) mass is 321 g/mol. The lowest BCUT2D eigenvalue weighted by Crippen LogP contribution is -2.40. The number of aliphatic hydroxyl groups excluding tert-OH is 1. The van der Waals surface area contributed by atoms with Crippen molar-refractivity contribution in [3.05, 3.63) is 24.3 Å². The van der Waals surface area contributed by atoms with E-state index in [1.807, 2.05) is 0 Å². The Balaban J connectivity index is 1.82. The van der Waals surface area contributed by atoms with Gasteiger partial charge >= 0.3 is 0 Å². The van der Waals surface area contributed by atoms with Crippen LogP contribution >= 0.6 is 0 Å². The molecule has 2 aromatic rings. The lowest BCUT2D eigenvalue weighted by molar-refractivity contribution is -0.122. The maximum Gasteiger partial charge on any atom is 0.238 e. The molecule has 2 heterocycles. The minimum absolute atomic E-state index is 0.0328. The first-order valence-electron chi connectivity index (χ1n) is 7.64. The first-order valence-corrected chi connectivity index (χ1v) is 7.64. The Morgan fingerprint density at radius 1 is 1.43 bits per heavy atom. The van der Waals surface area contributed by atoms with Crippen molar-refractivity contribution >= 4 is 5.91 Å². The highest BCUT2D eigenvalue weighted by molar-refractivity contribution is 5.76. The standard InChI is InChI=1S/C16H23N3O4/c1-16(2,3)9-11(10-20)17-13(21)6-7-14-18-15(19-23-14)12-5-4-8-22-12/h4-5,8,11,20H,6-7,9-10H2,1-3H3,(H,17,21). The maximum absolute atomic E-state index is 12.0. The second-order valence-electron chi connectivity index (χ2n) is 6.70. The molecule has 0 aliphatic heterocycles. The van der Waals surface area contributed by atoms with Gasteiger partial charge in [-0.3, -0.25) is 4.79 Å². The summed E-state index contributed by atoms with van der Waals surface area (Å²) in [5.41, 5.74) is 0.0328. The highest BCUT2D eigenvalue weighted by Gasteiger charge is 2.20. The zero-order valence-electron chi connectivity index (χ0n) is 13.7. The summed E-state index contributed by atoms with van der Waals surface area (Å²) in [5.74, 6) is 1.12. The molecule has 0 saturated carbocycles. The number of carbonyl (C=O) groups is 1. The van der Waals surface area contributed by atoms with Crippen LogP contribution in [-0.2, 0) is 11.2 Å². The maximum atomic E-state index is 12.0. The van der Waals surface area contributed by atoms with E-state index in [0.29, 0.717) is 30.3 Å². The quantitative estimate of drug-likeness (QED) is 0.810. The number of nitrogens with zero attached hydrogens (tertiary/aromatic N) is 2. The van der Waals surface area contributed by atoms with E-state index in [4.69, 9.17) is 8.94 Å². The molecule has 7 heteroatoms. The van der Waals surface area contributed by atoms with Crippen molar-refractivity contribution in [2.75, 3.05) is 6.61 Å². The Morgan fingerprint density at radius 3 is 2.83 bits per heavy atom. The normalized spacial score (nSPS) is 13.0. The van der Waals surface area contributed by atoms with Crippen molar-refractivity contribution in [3.8, 4) is 11.6 Å². The van der Waals surface area contributed by atoms with Crippen LogP contribution in [0.4, 0.5) is 0 Å². The minimum atomic E-state index is -0.246. The Labute approximate surface area is 135 Å². The van der Waals surface area contributed by atoms with Gasteiger partial charge < -0.3 is 19.4 Å². The summed E-state index contributed by atoms with van der Waals surface area (Å²) >= 11 is 0. The van der Waals surface area contributed by atoms with E-state index in [1.54, 1.807) is 12.1 Å². The van der Waals surface area contributed by atoms with E-state index in [-0.39, 0.29) is 30.4 Å². The number of hydrogen-bond acceptors (Lipinski definition) is 6. The van der Waals surface area contributed by atoms with Crippen LogP contribution in [0, 0.1) is 5.41 Å². The van der Waals surface area contributed by atoms with Gasteiger partial charge in [-0.1, -0.05) is 25.9 Å². The SMILES string of the molecule is CC(C)(C)CC(CO)NC(=O)CCc1nc(-c2ccco2)no1. The van der Waals surface area contributed by atoms with Gasteiger partial charge in [0, 0.05) is 12.8 Å². The molecule has 1 unspecified atom stereocenters. The molecule has 0 bridgehead atoms. The summed E-state index contributed by atoms with van der Waals surface area (Å²) in [6, 6.07) is 3.23. The molecule has 2 aromatic heterocycles. The average Bonchev–Trinajstić information content (AvgIpc) is 3.13. The van der Waals surface area contributed by atoms with Crippen molar-refractivity contribution in [3.63, 3.8) is 0 Å². The van der Waals surface area contributed by atoms with Crippen LogP contribution in [0.15, 0.2) is 27.3 Å². The van der Waals surface area contributed by atoms with Crippen LogP contribution in [0.5, 0.6) is 0 Å². The van der Waals surface area contributed by atoms with Gasteiger partial charge in [0.2, 0.25) is 17.6 Å². The zero-order valence-corrected chi connectivity index (χ0v) is 13.7. The molecule has 2 rings (SSSR count). The van der Waals surface area contributed by atoms with Gasteiger partial charge in [0.1, 0.15) is 0 Å². The molecule has 1 atom stereocenters. The van der Waals surface area contributed by atoms with Crippen LogP contribution in [0.2, 0.25) is 0 Å². The van der Waals surface area contributed by atoms with E-state index in [2.05, 4.69) is 36.2 Å². The van der Waals surface area contributed by atoms with Crippen molar-refractivity contribution in [1.29, 1.82) is 0 Å². The zero-order chi connectivity index (χ0) is 16.9. The third-order valence-corrected chi connectivity index (χ3v) is 3.22. The minimum Gasteiger partial charge on any atom is -0.461 e. The molecule has 0 aliphatic rings. The Morgan fingerprint density at radius 2 is 2.22 bits per heavy atom. The first kappa shape index (κ1) is 17.2. The summed E-state index contributed by atoms with van der Waals surface area (Å²) in [6.07, 6.45) is 2.80. The molecule has 0 saturated heterocycles. The molecule has 2 N–H and O–H groups in total. The van der Waals surface area contributed by atoms with Crippen LogP contribution < -0.4 is 5.32 Å². The highest BCUT2D eigenvalue weighted by atomic mass is 16.5. The summed E-state index contributed by atoms with van der Waals surface area (Å²) < 4.78 is 10.3. The number of aryl methyl sites for hydroxylation is 1. The number of furan rings is 1. The molecular formula is C16H23N3O4. The van der Waals surface area contributed by atoms with Gasteiger partial charge in [0.25, 0.3) is 0 Å². The molecule has 0 aromatic carbocycles. The number of nitrogens with one attached hydrogen (secondary N) is 1. The molecule has 0 aliphatic carbocycles. The molecule has 1 amide bonds. The van der Waals surface area contributed by atoms with Crippen molar-refractivity contribution < 1.29 is 18.8 Å². The summed E-state index contributed by atoms with van der Waals surface area (Å²) in [5, 5.41) is 16.0. The molecule has 0 fully saturated rings. The fourth-order valence-corrected chi connectivity index (χ4v) is 2.28. The van der Waals surface area contributed by atoms with E-state index < -0.39 is 0 Å². The van der Waals surface area contributed by atoms with E-state index >= 15 is 0 Å². The third kappa shape index (κ3) is 5.52. The molecule has 0 radical (unpaired) electrons. The number of amides is 1. The lowest BCUT2D eigenvalue weighted by Gasteiger charge is -2.25. The molecular weight excluding hydrogens is 298 g/mol. The van der Waals surface area contributed by atoms with Gasteiger partial charge in [0.05, 0.1) is 18.9 Å². The van der Waals surface area contributed by atoms with Gasteiger partial charge in [-0.2, -0.15) is 4.98 Å². The van der Waals surface area contributed by atoms with Crippen LogP contribution in [0.25, 0.3) is 11.6 Å². The summed E-state index contributed by atoms with van der Waals surface area (Å²) in [7, 11) is 0. The first-order chi connectivity index (χ1) is 10.9. The highest BCUT2D eigenvalue weighted by Crippen LogP contribution is 2.20. The number of carbonyl (C=O) groups excluding carboxylic acids is 1. The van der Waals surface area contributed by atoms with E-state index in [0.717, 1.165) is 0 Å². The average molecular weight is 321 g/mol. The third-order valence-electron chi connectivity index (χ3n) is 3.22. The number of aromatic nitrogens is 2. The van der Waals surface area contributed by atoms with E-state index in [1.165, 1.54) is 6.26 Å². The predicted octanol–water partition coefficient (Wildman–Crippen LogP) is 2.18. The van der Waals surface area contributed by atoms with Crippen molar-refractivity contribution in [2.45, 2.75) is 46.1 Å². The fourth-order valence-electron chi connectivity index (χ4n) is 2.28. The molecule has 7 nitrogen and oxygen atoms in total. The largest absolute Gasteiger partial charge is 0.461 e. The number of hydrogen-bond donors (Lipinski definition) is 2. The number of rotatable bonds is 7. The second-order valence-corrected chi connectivity index (χ2v) is 6.70. The van der Waals surface area contributed by atoms with Gasteiger partial charge in [0.15, 0.2) is 5.76 Å². The second kappa shape index (κ2) is 7.41. The topological polar surface area (TPSA) is 101 Å². The fraction of sp³-hybridized carbons (Fsp3) is 0.562. The van der Waals surface area contributed by atoms with E-state index in [9.17, 15) is 9.90 Å². The Hall–Kier alpha value is -2.15. The predicted molar refractivity (Wildman–Crippen MR) is 83.4 cm³/mol. The Bertz CT molecular complexity index is 614. The summed E-state index contributed by atoms with van der Waals surface area (Å²) in [4.78, 5) is 16.2. The number of aliphatic hydroxyl groups is 1. The molecule has 126 valence electrons. The van der Waals surface area contributed by atoms with Crippen LogP contribution in [0.1, 0.15) is 39.5 Å². The van der Waals surface area contributed by atoms with Crippen molar-refractivity contribution in [1.82, 2.24) is 15.5 Å². The van der Waals surface area contributed by atoms with Gasteiger partial charge in [-0.15, -0.1) is 0 Å². The molecule has 23 heavy (non-hydrogen) atoms. The smallest absolute Gasteiger partial charge is 0.238 e. The van der Waals surface area contributed by atoms with Crippen molar-refractivity contribution in [2.24, 2.45) is 5.41 Å². The van der Waals surface area contributed by atoms with Gasteiger partial charge in [-0.05, 0) is 24.0 Å². The summed E-state index contributed by atoms with van der Waals surface area (Å²) in [6.45, 7) is 6.12. The lowest BCUT2D eigenvalue weighted by atomic mass is 9.88. The van der Waals surface area contributed by atoms with Crippen LogP contribution in [0.3, 0.4) is 0 Å². The molecule has 0 spiro atoms. The Kier molecular flexibility index (Phi) is 5.54.